The lowest BCUT2D eigenvalue weighted by Crippen LogP contribution is -1.87. The van der Waals surface area contributed by atoms with Crippen LogP contribution in [0.5, 0.6) is 5.75 Å². The third kappa shape index (κ3) is 1.08. The van der Waals surface area contributed by atoms with E-state index in [9.17, 15) is 0 Å². The lowest BCUT2D eigenvalue weighted by Gasteiger charge is -2.04. The van der Waals surface area contributed by atoms with Crippen LogP contribution in [0, 0.1) is 0 Å². The molecule has 0 N–H and O–H groups in total. The molecule has 1 aromatic carbocycles. The van der Waals surface area contributed by atoms with E-state index >= 15 is 0 Å². The number of benzene rings is 1. The molecule has 1 heterocycles. The van der Waals surface area contributed by atoms with Crippen molar-refractivity contribution in [1.29, 1.82) is 0 Å². The zero-order valence-corrected chi connectivity index (χ0v) is 8.00. The van der Waals surface area contributed by atoms with E-state index in [4.69, 9.17) is 4.74 Å². The molecule has 0 aromatic heterocycles. The van der Waals surface area contributed by atoms with Crippen LogP contribution in [0.25, 0.3) is 0 Å². The number of aliphatic imine (C=N–C) groups is 1. The highest BCUT2D eigenvalue weighted by Crippen LogP contribution is 2.37. The van der Waals surface area contributed by atoms with Gasteiger partial charge in [0.15, 0.2) is 0 Å². The highest BCUT2D eigenvalue weighted by molar-refractivity contribution is 9.10. The highest BCUT2D eigenvalue weighted by atomic mass is 79.9. The summed E-state index contributed by atoms with van der Waals surface area (Å²) in [6.07, 6.45) is 1.54. The van der Waals surface area contributed by atoms with Crippen LogP contribution in [-0.4, -0.2) is 13.4 Å². The summed E-state index contributed by atoms with van der Waals surface area (Å²) in [7, 11) is 1.63. The van der Waals surface area contributed by atoms with Gasteiger partial charge in [0.25, 0.3) is 0 Å². The van der Waals surface area contributed by atoms with Crippen LogP contribution >= 0.6 is 15.9 Å². The fraction of sp³-hybridized carbons (Fsp3) is 0.125. The minimum atomic E-state index is 0.781. The summed E-state index contributed by atoms with van der Waals surface area (Å²) in [4.78, 5) is 4.06. The van der Waals surface area contributed by atoms with Crippen LogP contribution in [0.3, 0.4) is 0 Å². The van der Waals surface area contributed by atoms with Crippen molar-refractivity contribution in [2.24, 2.45) is 4.99 Å². The predicted molar refractivity (Wildman–Crippen MR) is 50.6 cm³/mol. The summed E-state index contributed by atoms with van der Waals surface area (Å²) in [5.41, 5.74) is 1.73. The molecule has 0 unspecified atom stereocenters. The Balaban J connectivity index is 2.55. The molecule has 1 radical (unpaired) electrons. The first-order valence-corrected chi connectivity index (χ1v) is 4.21. The van der Waals surface area contributed by atoms with Crippen LogP contribution in [-0.2, 0) is 0 Å². The number of hydrogen-bond donors (Lipinski definition) is 0. The minimum absolute atomic E-state index is 0.781. The van der Waals surface area contributed by atoms with Gasteiger partial charge in [-0.05, 0) is 22.0 Å². The minimum Gasteiger partial charge on any atom is -0.495 e. The van der Waals surface area contributed by atoms with Crippen LogP contribution in [0.15, 0.2) is 21.6 Å². The van der Waals surface area contributed by atoms with Gasteiger partial charge in [-0.1, -0.05) is 0 Å². The monoisotopic (exact) mass is 225 g/mol. The van der Waals surface area contributed by atoms with Gasteiger partial charge in [0.1, 0.15) is 12.1 Å². The molecule has 0 saturated heterocycles. The second-order valence-corrected chi connectivity index (χ2v) is 3.20. The van der Waals surface area contributed by atoms with Crippen molar-refractivity contribution in [1.82, 2.24) is 5.32 Å². The lowest BCUT2D eigenvalue weighted by atomic mass is 10.2. The van der Waals surface area contributed by atoms with Crippen LogP contribution < -0.4 is 10.1 Å². The average molecular weight is 226 g/mol. The molecule has 0 bridgehead atoms. The van der Waals surface area contributed by atoms with E-state index in [0.717, 1.165) is 21.6 Å². The Morgan fingerprint density at radius 3 is 2.92 bits per heavy atom. The van der Waals surface area contributed by atoms with Crippen LogP contribution in [0.2, 0.25) is 0 Å². The zero-order valence-electron chi connectivity index (χ0n) is 6.41. The molecule has 0 aliphatic carbocycles. The molecule has 12 heavy (non-hydrogen) atoms. The van der Waals surface area contributed by atoms with Crippen molar-refractivity contribution >= 4 is 33.6 Å². The molecule has 2 rings (SSSR count). The molecule has 61 valence electrons. The Morgan fingerprint density at radius 1 is 1.33 bits per heavy atom. The lowest BCUT2D eigenvalue weighted by molar-refractivity contribution is 0.412. The average Bonchev–Trinajstić information content (AvgIpc) is 2.49. The topological polar surface area (TPSA) is 35.7 Å². The highest BCUT2D eigenvalue weighted by Gasteiger charge is 2.11. The van der Waals surface area contributed by atoms with Crippen LogP contribution in [0.1, 0.15) is 0 Å². The van der Waals surface area contributed by atoms with Crippen molar-refractivity contribution in [3.05, 3.63) is 16.6 Å². The van der Waals surface area contributed by atoms with Gasteiger partial charge in [-0.3, -0.25) is 0 Å². The molecule has 1 aromatic rings. The molecule has 1 aliphatic rings. The van der Waals surface area contributed by atoms with Crippen molar-refractivity contribution in [3.8, 4) is 5.75 Å². The fourth-order valence-corrected chi connectivity index (χ4v) is 1.54. The standard InChI is InChI=1S/C8H6BrN2O/c1-12-8-3-7-6(2-5(8)9)10-4-11-7/h2-4H,1H3. The Bertz CT molecular complexity index is 349. The van der Waals surface area contributed by atoms with E-state index in [2.05, 4.69) is 26.2 Å². The second-order valence-electron chi connectivity index (χ2n) is 2.35. The van der Waals surface area contributed by atoms with E-state index in [1.165, 1.54) is 6.34 Å². The number of hydrogen-bond acceptors (Lipinski definition) is 2. The maximum absolute atomic E-state index is 5.11. The molecular weight excluding hydrogens is 220 g/mol. The summed E-state index contributed by atoms with van der Waals surface area (Å²) in [6.45, 7) is 0. The number of methoxy groups -OCH3 is 1. The number of ether oxygens (including phenoxy) is 1. The largest absolute Gasteiger partial charge is 0.495 e. The molecule has 0 amide bonds. The van der Waals surface area contributed by atoms with E-state index < -0.39 is 0 Å². The second kappa shape index (κ2) is 2.79. The summed E-state index contributed by atoms with van der Waals surface area (Å²) in [6, 6.07) is 3.74. The maximum atomic E-state index is 5.11. The van der Waals surface area contributed by atoms with E-state index in [1.807, 2.05) is 12.1 Å². The third-order valence-corrected chi connectivity index (χ3v) is 2.26. The first-order valence-electron chi connectivity index (χ1n) is 3.42. The molecule has 0 atom stereocenters. The Kier molecular flexibility index (Phi) is 1.77. The number of fused-ring (bicyclic) bond motifs is 1. The molecular formula is C8H6BrN2O. The Morgan fingerprint density at radius 2 is 2.17 bits per heavy atom. The van der Waals surface area contributed by atoms with Crippen molar-refractivity contribution in [2.45, 2.75) is 0 Å². The van der Waals surface area contributed by atoms with E-state index in [0.29, 0.717) is 0 Å². The van der Waals surface area contributed by atoms with Gasteiger partial charge in [-0.15, -0.1) is 0 Å². The quantitative estimate of drug-likeness (QED) is 0.723. The molecule has 0 fully saturated rings. The van der Waals surface area contributed by atoms with Gasteiger partial charge in [-0.25, -0.2) is 10.3 Å². The van der Waals surface area contributed by atoms with Gasteiger partial charge in [-0.2, -0.15) is 0 Å². The van der Waals surface area contributed by atoms with Gasteiger partial charge in [0.05, 0.1) is 23.0 Å². The smallest absolute Gasteiger partial charge is 0.135 e. The van der Waals surface area contributed by atoms with E-state index in [1.54, 1.807) is 7.11 Å². The van der Waals surface area contributed by atoms with Crippen molar-refractivity contribution in [2.75, 3.05) is 7.11 Å². The third-order valence-electron chi connectivity index (χ3n) is 1.64. The van der Waals surface area contributed by atoms with E-state index in [-0.39, 0.29) is 0 Å². The normalized spacial score (nSPS) is 12.5. The van der Waals surface area contributed by atoms with Crippen molar-refractivity contribution in [3.63, 3.8) is 0 Å². The molecule has 1 aliphatic heterocycles. The number of rotatable bonds is 1. The predicted octanol–water partition coefficient (Wildman–Crippen LogP) is 2.37. The first kappa shape index (κ1) is 7.61. The van der Waals surface area contributed by atoms with Gasteiger partial charge < -0.3 is 4.74 Å². The Labute approximate surface area is 78.6 Å². The fourth-order valence-electron chi connectivity index (χ4n) is 1.05. The number of halogens is 1. The SMILES string of the molecule is COc1cc2c(cc1Br)[N]C=N2. The zero-order chi connectivity index (χ0) is 8.55. The molecule has 0 saturated carbocycles. The Hall–Kier alpha value is -1.03. The summed E-state index contributed by atoms with van der Waals surface area (Å²) < 4.78 is 6.01. The molecule has 0 spiro atoms. The summed E-state index contributed by atoms with van der Waals surface area (Å²) >= 11 is 3.37. The summed E-state index contributed by atoms with van der Waals surface area (Å²) in [5, 5.41) is 4.06. The van der Waals surface area contributed by atoms with Crippen molar-refractivity contribution < 1.29 is 4.74 Å². The van der Waals surface area contributed by atoms with Gasteiger partial charge in [0.2, 0.25) is 0 Å². The molecule has 4 heteroatoms. The van der Waals surface area contributed by atoms with Gasteiger partial charge in [0, 0.05) is 6.07 Å². The van der Waals surface area contributed by atoms with Crippen LogP contribution in [0.4, 0.5) is 11.4 Å². The first-order chi connectivity index (χ1) is 5.81. The number of nitrogens with zero attached hydrogens (tertiary/aromatic N) is 2. The summed E-state index contributed by atoms with van der Waals surface area (Å²) in [5.74, 6) is 0.781. The molecule has 3 nitrogen and oxygen atoms in total. The van der Waals surface area contributed by atoms with Gasteiger partial charge >= 0.3 is 0 Å². The maximum Gasteiger partial charge on any atom is 0.135 e.